The summed E-state index contributed by atoms with van der Waals surface area (Å²) in [5.41, 5.74) is 3.45. The highest BCUT2D eigenvalue weighted by molar-refractivity contribution is 5.86. The van der Waals surface area contributed by atoms with Gasteiger partial charge in [-0.2, -0.15) is 0 Å². The van der Waals surface area contributed by atoms with E-state index in [9.17, 15) is 4.79 Å². The molecule has 0 spiro atoms. The molecule has 1 N–H and O–H groups in total. The molecule has 7 heteroatoms. The third-order valence-corrected chi connectivity index (χ3v) is 4.40. The Bertz CT molecular complexity index is 620. The summed E-state index contributed by atoms with van der Waals surface area (Å²) in [6, 6.07) is 0. The molecule has 0 aromatic heterocycles. The molecule has 3 aliphatic heterocycles. The SMILES string of the molecule is CC(C)=C/C=C/N1CCOCC1.CC(C)=CC1=CC(=O)OC1N1CCOCC1.CO. The quantitative estimate of drug-likeness (QED) is 0.551. The van der Waals surface area contributed by atoms with Crippen molar-refractivity contribution in [2.45, 2.75) is 33.9 Å². The minimum Gasteiger partial charge on any atom is -0.439 e. The predicted molar refractivity (Wildman–Crippen MR) is 119 cm³/mol. The molecule has 1 unspecified atom stereocenters. The second-order valence-corrected chi connectivity index (χ2v) is 7.54. The molecule has 3 aliphatic rings. The first-order valence-corrected chi connectivity index (χ1v) is 10.4. The van der Waals surface area contributed by atoms with Crippen LogP contribution < -0.4 is 0 Å². The molecule has 1 atom stereocenters. The fourth-order valence-corrected chi connectivity index (χ4v) is 3.05. The molecule has 0 bridgehead atoms. The van der Waals surface area contributed by atoms with Crippen molar-refractivity contribution in [3.63, 3.8) is 0 Å². The van der Waals surface area contributed by atoms with E-state index in [1.54, 1.807) is 6.08 Å². The van der Waals surface area contributed by atoms with Crippen LogP contribution in [0.1, 0.15) is 27.7 Å². The molecular formula is C23H38N2O5. The number of nitrogens with zero attached hydrogens (tertiary/aromatic N) is 2. The molecular weight excluding hydrogens is 384 g/mol. The van der Waals surface area contributed by atoms with Crippen molar-refractivity contribution in [2.24, 2.45) is 0 Å². The standard InChI is InChI=1S/C12H17NO3.C10H17NO.CH4O/c1-9(2)7-10-8-11(14)16-12(10)13-3-5-15-6-4-13;1-10(2)4-3-5-11-6-8-12-9-7-11;1-2/h7-8,12H,3-6H2,1-2H3;3-5H,6-9H2,1-2H3;2H,1H3/b;5-3+;. The van der Waals surface area contributed by atoms with Crippen molar-refractivity contribution in [3.8, 4) is 0 Å². The van der Waals surface area contributed by atoms with Gasteiger partial charge in [0.25, 0.3) is 0 Å². The van der Waals surface area contributed by atoms with Gasteiger partial charge in [0, 0.05) is 44.9 Å². The zero-order valence-corrected chi connectivity index (χ0v) is 19.1. The normalized spacial score (nSPS) is 21.5. The molecule has 0 aliphatic carbocycles. The van der Waals surface area contributed by atoms with Gasteiger partial charge in [-0.3, -0.25) is 4.90 Å². The Hall–Kier alpha value is -1.93. The second-order valence-electron chi connectivity index (χ2n) is 7.54. The van der Waals surface area contributed by atoms with Crippen LogP contribution >= 0.6 is 0 Å². The maximum Gasteiger partial charge on any atom is 0.333 e. The van der Waals surface area contributed by atoms with Crippen LogP contribution in [0.3, 0.4) is 0 Å². The third kappa shape index (κ3) is 10.2. The van der Waals surface area contributed by atoms with Crippen molar-refractivity contribution in [1.29, 1.82) is 0 Å². The summed E-state index contributed by atoms with van der Waals surface area (Å²) in [7, 11) is 1.00. The van der Waals surface area contributed by atoms with Gasteiger partial charge in [0.2, 0.25) is 0 Å². The van der Waals surface area contributed by atoms with Gasteiger partial charge in [0.05, 0.1) is 26.4 Å². The molecule has 170 valence electrons. The van der Waals surface area contributed by atoms with E-state index >= 15 is 0 Å². The summed E-state index contributed by atoms with van der Waals surface area (Å²) >= 11 is 0. The number of carbonyl (C=O) groups excluding carboxylic acids is 1. The number of aliphatic hydroxyl groups excluding tert-OH is 1. The molecule has 0 radical (unpaired) electrons. The van der Waals surface area contributed by atoms with E-state index in [1.807, 2.05) is 19.9 Å². The lowest BCUT2D eigenvalue weighted by atomic mass is 10.1. The summed E-state index contributed by atoms with van der Waals surface area (Å²) in [6.45, 7) is 15.0. The van der Waals surface area contributed by atoms with Gasteiger partial charge in [-0.1, -0.05) is 23.3 Å². The number of aliphatic hydroxyl groups is 1. The van der Waals surface area contributed by atoms with E-state index in [1.165, 1.54) is 11.1 Å². The lowest BCUT2D eigenvalue weighted by Gasteiger charge is -2.31. The number of ether oxygens (including phenoxy) is 3. The number of allylic oxidation sites excluding steroid dienone is 4. The fourth-order valence-electron chi connectivity index (χ4n) is 3.05. The number of esters is 1. The lowest BCUT2D eigenvalue weighted by Crippen LogP contribution is -2.44. The summed E-state index contributed by atoms with van der Waals surface area (Å²) in [4.78, 5) is 15.7. The van der Waals surface area contributed by atoms with E-state index in [0.29, 0.717) is 13.2 Å². The van der Waals surface area contributed by atoms with Crippen LogP contribution in [0, 0.1) is 0 Å². The van der Waals surface area contributed by atoms with E-state index < -0.39 is 0 Å². The van der Waals surface area contributed by atoms with Gasteiger partial charge in [-0.25, -0.2) is 4.79 Å². The van der Waals surface area contributed by atoms with Gasteiger partial charge in [0.1, 0.15) is 0 Å². The van der Waals surface area contributed by atoms with Crippen molar-refractivity contribution in [2.75, 3.05) is 59.7 Å². The minimum atomic E-state index is -0.246. The minimum absolute atomic E-state index is 0.216. The topological polar surface area (TPSA) is 71.5 Å². The molecule has 2 fully saturated rings. The largest absolute Gasteiger partial charge is 0.439 e. The maximum atomic E-state index is 11.3. The third-order valence-electron chi connectivity index (χ3n) is 4.40. The predicted octanol–water partition coefficient (Wildman–Crippen LogP) is 2.50. The second kappa shape index (κ2) is 15.0. The number of carbonyl (C=O) groups is 1. The molecule has 30 heavy (non-hydrogen) atoms. The van der Waals surface area contributed by atoms with Crippen molar-refractivity contribution in [3.05, 3.63) is 47.2 Å². The van der Waals surface area contributed by atoms with Crippen molar-refractivity contribution >= 4 is 5.97 Å². The Morgan fingerprint density at radius 2 is 1.53 bits per heavy atom. The van der Waals surface area contributed by atoms with E-state index in [0.717, 1.165) is 52.1 Å². The molecule has 3 rings (SSSR count). The average molecular weight is 423 g/mol. The summed E-state index contributed by atoms with van der Waals surface area (Å²) in [6.07, 6.45) is 9.72. The van der Waals surface area contributed by atoms with E-state index in [-0.39, 0.29) is 12.2 Å². The van der Waals surface area contributed by atoms with Crippen LogP contribution in [0.5, 0.6) is 0 Å². The van der Waals surface area contributed by atoms with Crippen LogP contribution in [0.25, 0.3) is 0 Å². The Kier molecular flexibility index (Phi) is 13.0. The number of rotatable bonds is 4. The van der Waals surface area contributed by atoms with Crippen LogP contribution in [0.15, 0.2) is 47.2 Å². The number of morpholine rings is 2. The highest BCUT2D eigenvalue weighted by Gasteiger charge is 2.31. The van der Waals surface area contributed by atoms with Gasteiger partial charge in [-0.05, 0) is 40.0 Å². The smallest absolute Gasteiger partial charge is 0.333 e. The van der Waals surface area contributed by atoms with Gasteiger partial charge in [0.15, 0.2) is 6.23 Å². The van der Waals surface area contributed by atoms with E-state index in [4.69, 9.17) is 19.3 Å². The first-order chi connectivity index (χ1) is 14.5. The molecule has 3 heterocycles. The Morgan fingerprint density at radius 3 is 2.07 bits per heavy atom. The Balaban J connectivity index is 0.000000287. The molecule has 0 saturated carbocycles. The molecule has 2 saturated heterocycles. The van der Waals surface area contributed by atoms with Crippen LogP contribution in [-0.4, -0.2) is 86.8 Å². The number of hydrogen-bond acceptors (Lipinski definition) is 7. The number of hydrogen-bond donors (Lipinski definition) is 1. The fraction of sp³-hybridized carbons (Fsp3) is 0.609. The van der Waals surface area contributed by atoms with Gasteiger partial charge >= 0.3 is 5.97 Å². The lowest BCUT2D eigenvalue weighted by molar-refractivity contribution is -0.148. The highest BCUT2D eigenvalue weighted by atomic mass is 16.6. The zero-order valence-electron chi connectivity index (χ0n) is 19.1. The first-order valence-electron chi connectivity index (χ1n) is 10.4. The maximum absolute atomic E-state index is 11.3. The molecule has 7 nitrogen and oxygen atoms in total. The molecule has 0 aromatic rings. The highest BCUT2D eigenvalue weighted by Crippen LogP contribution is 2.22. The first kappa shape index (κ1) is 26.1. The Labute approximate surface area is 181 Å². The Morgan fingerprint density at radius 1 is 0.967 bits per heavy atom. The van der Waals surface area contributed by atoms with Gasteiger partial charge in [-0.15, -0.1) is 0 Å². The molecule has 0 amide bonds. The molecule has 0 aromatic carbocycles. The summed E-state index contributed by atoms with van der Waals surface area (Å²) in [5.74, 6) is -0.246. The van der Waals surface area contributed by atoms with Crippen LogP contribution in [-0.2, 0) is 19.0 Å². The van der Waals surface area contributed by atoms with Gasteiger partial charge < -0.3 is 24.2 Å². The summed E-state index contributed by atoms with van der Waals surface area (Å²) in [5, 5.41) is 7.00. The van der Waals surface area contributed by atoms with E-state index in [2.05, 4.69) is 42.0 Å². The average Bonchev–Trinajstić information content (AvgIpc) is 3.10. The van der Waals surface area contributed by atoms with Crippen LogP contribution in [0.4, 0.5) is 0 Å². The zero-order chi connectivity index (χ0) is 22.4. The number of cyclic esters (lactones) is 1. The van der Waals surface area contributed by atoms with Crippen molar-refractivity contribution in [1.82, 2.24) is 9.80 Å². The summed E-state index contributed by atoms with van der Waals surface area (Å²) < 4.78 is 15.8. The van der Waals surface area contributed by atoms with Crippen molar-refractivity contribution < 1.29 is 24.1 Å². The van der Waals surface area contributed by atoms with Crippen LogP contribution in [0.2, 0.25) is 0 Å². The monoisotopic (exact) mass is 422 g/mol.